The zero-order chi connectivity index (χ0) is 18.0. The van der Waals surface area contributed by atoms with Crippen LogP contribution in [-0.4, -0.2) is 51.7 Å². The van der Waals surface area contributed by atoms with Gasteiger partial charge in [0.05, 0.1) is 18.1 Å². The summed E-state index contributed by atoms with van der Waals surface area (Å²) >= 11 is 0. The number of hydrogen-bond donors (Lipinski definition) is 3. The Morgan fingerprint density at radius 2 is 2.15 bits per heavy atom. The molecule has 2 aliphatic carbocycles. The highest BCUT2D eigenvalue weighted by molar-refractivity contribution is 5.88. The van der Waals surface area contributed by atoms with Crippen LogP contribution in [0.15, 0.2) is 24.4 Å². The second kappa shape index (κ2) is 5.83. The number of aromatic amines is 1. The lowest BCUT2D eigenvalue weighted by molar-refractivity contribution is -0.128. The number of carbonyl (C=O) groups excluding carboxylic acids is 1. The summed E-state index contributed by atoms with van der Waals surface area (Å²) in [5.74, 6) is 0.489. The van der Waals surface area contributed by atoms with Crippen LogP contribution in [0.25, 0.3) is 10.9 Å². The molecule has 3 N–H and O–H groups in total. The van der Waals surface area contributed by atoms with E-state index in [9.17, 15) is 9.90 Å². The number of benzene rings is 1. The van der Waals surface area contributed by atoms with Crippen molar-refractivity contribution in [1.82, 2.24) is 15.2 Å². The van der Waals surface area contributed by atoms with Crippen LogP contribution in [0, 0.1) is 5.92 Å². The number of H-pyrrole nitrogens is 1. The predicted molar refractivity (Wildman–Crippen MR) is 101 cm³/mol. The lowest BCUT2D eigenvalue weighted by atomic mass is 9.71. The second-order valence-corrected chi connectivity index (χ2v) is 8.60. The number of rotatable bonds is 3. The van der Waals surface area contributed by atoms with Crippen LogP contribution >= 0.6 is 0 Å². The van der Waals surface area contributed by atoms with E-state index in [1.165, 1.54) is 22.0 Å². The van der Waals surface area contributed by atoms with Crippen LogP contribution in [0.3, 0.4) is 0 Å². The molecule has 138 valence electrons. The van der Waals surface area contributed by atoms with E-state index in [0.29, 0.717) is 24.4 Å². The van der Waals surface area contributed by atoms with E-state index < -0.39 is 0 Å². The Kier molecular flexibility index (Phi) is 3.66. The molecule has 2 aromatic rings. The van der Waals surface area contributed by atoms with E-state index in [1.54, 1.807) is 0 Å². The maximum Gasteiger partial charge on any atom is 0.224 e. The van der Waals surface area contributed by atoms with Crippen molar-refractivity contribution in [2.45, 2.75) is 63.3 Å². The smallest absolute Gasteiger partial charge is 0.224 e. The normalized spacial score (nSPS) is 33.3. The molecule has 5 nitrogen and oxygen atoms in total. The van der Waals surface area contributed by atoms with Crippen LogP contribution in [-0.2, 0) is 11.2 Å². The molecular formula is C21H27N3O2. The van der Waals surface area contributed by atoms with Crippen molar-refractivity contribution in [2.24, 2.45) is 5.92 Å². The van der Waals surface area contributed by atoms with E-state index in [0.717, 1.165) is 19.4 Å². The van der Waals surface area contributed by atoms with E-state index in [1.807, 2.05) is 0 Å². The molecule has 0 radical (unpaired) electrons. The third-order valence-electron chi connectivity index (χ3n) is 6.63. The summed E-state index contributed by atoms with van der Waals surface area (Å²) in [5, 5.41) is 14.0. The molecular weight excluding hydrogens is 326 g/mol. The van der Waals surface area contributed by atoms with Gasteiger partial charge in [-0.3, -0.25) is 9.69 Å². The molecule has 5 rings (SSSR count). The van der Waals surface area contributed by atoms with Gasteiger partial charge in [-0.05, 0) is 50.3 Å². The first-order valence-electron chi connectivity index (χ1n) is 9.86. The Labute approximate surface area is 153 Å². The largest absolute Gasteiger partial charge is 0.391 e. The van der Waals surface area contributed by atoms with Crippen molar-refractivity contribution in [3.05, 3.63) is 35.5 Å². The SMILES string of the molecule is CC(C)N1CC(C(=O)NC2CC2O)CC2c3cccc4[nH]cc(c34)C[C@H]21. The average molecular weight is 353 g/mol. The average Bonchev–Trinajstić information content (AvgIpc) is 3.15. The van der Waals surface area contributed by atoms with E-state index in [2.05, 4.69) is 53.4 Å². The molecule has 2 fully saturated rings. The quantitative estimate of drug-likeness (QED) is 0.792. The van der Waals surface area contributed by atoms with Gasteiger partial charge in [-0.15, -0.1) is 0 Å². The molecule has 3 aliphatic rings. The number of piperidine rings is 1. The molecule has 4 unspecified atom stereocenters. The highest BCUT2D eigenvalue weighted by atomic mass is 16.3. The monoisotopic (exact) mass is 353 g/mol. The summed E-state index contributed by atoms with van der Waals surface area (Å²) in [4.78, 5) is 18.8. The maximum absolute atomic E-state index is 12.8. The van der Waals surface area contributed by atoms with Crippen LogP contribution < -0.4 is 5.32 Å². The van der Waals surface area contributed by atoms with Crippen molar-refractivity contribution in [3.8, 4) is 0 Å². The van der Waals surface area contributed by atoms with Gasteiger partial charge in [-0.1, -0.05) is 12.1 Å². The van der Waals surface area contributed by atoms with Crippen molar-refractivity contribution in [2.75, 3.05) is 6.54 Å². The molecule has 1 saturated carbocycles. The third-order valence-corrected chi connectivity index (χ3v) is 6.63. The molecule has 1 aromatic carbocycles. The minimum absolute atomic E-state index is 0.0119. The van der Waals surface area contributed by atoms with Gasteiger partial charge in [0.2, 0.25) is 5.91 Å². The summed E-state index contributed by atoms with van der Waals surface area (Å²) in [6.07, 6.45) is 4.46. The zero-order valence-electron chi connectivity index (χ0n) is 15.4. The molecule has 0 bridgehead atoms. The molecule has 1 aromatic heterocycles. The Bertz CT molecular complexity index is 858. The summed E-state index contributed by atoms with van der Waals surface area (Å²) in [6, 6.07) is 7.36. The first-order chi connectivity index (χ1) is 12.5. The highest BCUT2D eigenvalue weighted by Crippen LogP contribution is 2.45. The van der Waals surface area contributed by atoms with Crippen LogP contribution in [0.1, 0.15) is 43.7 Å². The molecule has 1 aliphatic heterocycles. The maximum atomic E-state index is 12.8. The number of fused-ring (bicyclic) bond motifs is 2. The number of amides is 1. The topological polar surface area (TPSA) is 68.4 Å². The molecule has 1 amide bonds. The number of likely N-dealkylation sites (tertiary alicyclic amines) is 1. The highest BCUT2D eigenvalue weighted by Gasteiger charge is 2.45. The van der Waals surface area contributed by atoms with Crippen LogP contribution in [0.4, 0.5) is 0 Å². The van der Waals surface area contributed by atoms with Gasteiger partial charge in [-0.25, -0.2) is 0 Å². The zero-order valence-corrected chi connectivity index (χ0v) is 15.4. The number of aromatic nitrogens is 1. The van der Waals surface area contributed by atoms with Gasteiger partial charge in [0, 0.05) is 41.6 Å². The molecule has 2 heterocycles. The van der Waals surface area contributed by atoms with Gasteiger partial charge >= 0.3 is 0 Å². The Morgan fingerprint density at radius 3 is 2.88 bits per heavy atom. The summed E-state index contributed by atoms with van der Waals surface area (Å²) in [6.45, 7) is 5.27. The van der Waals surface area contributed by atoms with Gasteiger partial charge in [0.25, 0.3) is 0 Å². The predicted octanol–water partition coefficient (Wildman–Crippen LogP) is 2.16. The summed E-state index contributed by atoms with van der Waals surface area (Å²) in [5.41, 5.74) is 4.01. The van der Waals surface area contributed by atoms with Gasteiger partial charge < -0.3 is 15.4 Å². The molecule has 5 heteroatoms. The van der Waals surface area contributed by atoms with Crippen molar-refractivity contribution >= 4 is 16.8 Å². The van der Waals surface area contributed by atoms with E-state index in [4.69, 9.17) is 0 Å². The van der Waals surface area contributed by atoms with Crippen molar-refractivity contribution < 1.29 is 9.90 Å². The minimum Gasteiger partial charge on any atom is -0.391 e. The third kappa shape index (κ3) is 2.48. The molecule has 0 spiro atoms. The van der Waals surface area contributed by atoms with Crippen molar-refractivity contribution in [1.29, 1.82) is 0 Å². The van der Waals surface area contributed by atoms with Crippen LogP contribution in [0.2, 0.25) is 0 Å². The number of nitrogens with one attached hydrogen (secondary N) is 2. The van der Waals surface area contributed by atoms with E-state index in [-0.39, 0.29) is 24.0 Å². The summed E-state index contributed by atoms with van der Waals surface area (Å²) in [7, 11) is 0. The standard InChI is InChI=1S/C21H27N3O2/c1-11(2)24-10-13(21(26)23-17-8-19(17)25)6-15-14-4-3-5-16-20(14)12(9-22-16)7-18(15)24/h3-5,9,11,13,15,17-19,22,25H,6-8,10H2,1-2H3,(H,23,26)/t13?,15?,17?,18-,19?/m1/s1. The molecule has 26 heavy (non-hydrogen) atoms. The van der Waals surface area contributed by atoms with Gasteiger partial charge in [-0.2, -0.15) is 0 Å². The van der Waals surface area contributed by atoms with Crippen LogP contribution in [0.5, 0.6) is 0 Å². The fraction of sp³-hybridized carbons (Fsp3) is 0.571. The van der Waals surface area contributed by atoms with Gasteiger partial charge in [0.1, 0.15) is 0 Å². The first kappa shape index (κ1) is 16.3. The number of hydrogen-bond acceptors (Lipinski definition) is 3. The molecule has 1 saturated heterocycles. The number of carbonyl (C=O) groups is 1. The van der Waals surface area contributed by atoms with E-state index >= 15 is 0 Å². The number of aliphatic hydroxyl groups is 1. The lowest BCUT2D eigenvalue weighted by Crippen LogP contribution is -2.55. The minimum atomic E-state index is -0.345. The first-order valence-corrected chi connectivity index (χ1v) is 9.86. The Balaban J connectivity index is 1.49. The fourth-order valence-corrected chi connectivity index (χ4v) is 5.16. The number of aliphatic hydroxyl groups excluding tert-OH is 1. The fourth-order valence-electron chi connectivity index (χ4n) is 5.16. The lowest BCUT2D eigenvalue weighted by Gasteiger charge is -2.48. The number of nitrogens with zero attached hydrogens (tertiary/aromatic N) is 1. The molecule has 5 atom stereocenters. The van der Waals surface area contributed by atoms with Crippen molar-refractivity contribution in [3.63, 3.8) is 0 Å². The second-order valence-electron chi connectivity index (χ2n) is 8.60. The summed E-state index contributed by atoms with van der Waals surface area (Å²) < 4.78 is 0. The Hall–Kier alpha value is -1.85. The van der Waals surface area contributed by atoms with Gasteiger partial charge in [0.15, 0.2) is 0 Å². The Morgan fingerprint density at radius 1 is 1.35 bits per heavy atom.